The van der Waals surface area contributed by atoms with Crippen LogP contribution in [0.15, 0.2) is 66.9 Å². The fourth-order valence-corrected chi connectivity index (χ4v) is 4.70. The number of benzene rings is 2. The first-order valence-electron chi connectivity index (χ1n) is 12.3. The van der Waals surface area contributed by atoms with Gasteiger partial charge in [0.2, 0.25) is 0 Å². The summed E-state index contributed by atoms with van der Waals surface area (Å²) < 4.78 is 5.64. The van der Waals surface area contributed by atoms with Gasteiger partial charge in [0.15, 0.2) is 6.10 Å². The zero-order chi connectivity index (χ0) is 27.5. The molecule has 5 rings (SSSR count). The van der Waals surface area contributed by atoms with Gasteiger partial charge in [-0.2, -0.15) is 0 Å². The number of anilines is 1. The molecular weight excluding hydrogens is 520 g/mol. The van der Waals surface area contributed by atoms with Crippen LogP contribution in [0.2, 0.25) is 5.02 Å². The molecule has 2 aromatic heterocycles. The maximum absolute atomic E-state index is 13.6. The van der Waals surface area contributed by atoms with Gasteiger partial charge in [0.05, 0.1) is 26.7 Å². The van der Waals surface area contributed by atoms with E-state index in [9.17, 15) is 19.7 Å². The van der Waals surface area contributed by atoms with Crippen molar-refractivity contribution >= 4 is 57.5 Å². The van der Waals surface area contributed by atoms with Crippen molar-refractivity contribution < 1.29 is 19.2 Å². The molecule has 0 spiro atoms. The van der Waals surface area contributed by atoms with Gasteiger partial charge < -0.3 is 10.1 Å². The van der Waals surface area contributed by atoms with Crippen LogP contribution in [0.25, 0.3) is 22.6 Å². The Bertz CT molecular complexity index is 1640. The molecule has 39 heavy (non-hydrogen) atoms. The van der Waals surface area contributed by atoms with E-state index >= 15 is 0 Å². The summed E-state index contributed by atoms with van der Waals surface area (Å²) in [5.41, 5.74) is 3.90. The zero-order valence-electron chi connectivity index (χ0n) is 20.9. The number of esters is 1. The van der Waals surface area contributed by atoms with Crippen LogP contribution in [0.3, 0.4) is 0 Å². The number of nitrogens with one attached hydrogen (secondary N) is 1. The molecule has 196 valence electrons. The second kappa shape index (κ2) is 11.0. The normalized spacial score (nSPS) is 14.5. The maximum Gasteiger partial charge on any atom is 0.339 e. The summed E-state index contributed by atoms with van der Waals surface area (Å²) in [5.74, 6) is -0.875. The molecule has 1 amide bonds. The first-order chi connectivity index (χ1) is 18.8. The number of halogens is 1. The summed E-state index contributed by atoms with van der Waals surface area (Å²) >= 11 is 5.85. The molecule has 0 saturated carbocycles. The fraction of sp³-hybridized carbons (Fsp3) is 0.172. The maximum atomic E-state index is 13.6. The highest BCUT2D eigenvalue weighted by Gasteiger charge is 2.28. The molecule has 1 atom stereocenters. The first-order valence-corrected chi connectivity index (χ1v) is 12.7. The number of rotatable bonds is 6. The molecule has 9 nitrogen and oxygen atoms in total. The Morgan fingerprint density at radius 1 is 1.13 bits per heavy atom. The van der Waals surface area contributed by atoms with E-state index in [0.29, 0.717) is 45.6 Å². The van der Waals surface area contributed by atoms with Gasteiger partial charge in [0, 0.05) is 23.7 Å². The number of carbonyl (C=O) groups is 2. The molecule has 2 heterocycles. The minimum Gasteiger partial charge on any atom is -0.449 e. The van der Waals surface area contributed by atoms with Crippen molar-refractivity contribution in [3.05, 3.63) is 104 Å². The number of allylic oxidation sites excluding steroid dienone is 1. The van der Waals surface area contributed by atoms with E-state index in [1.54, 1.807) is 30.3 Å². The van der Waals surface area contributed by atoms with Crippen LogP contribution in [0.5, 0.6) is 0 Å². The molecule has 0 fully saturated rings. The van der Waals surface area contributed by atoms with Crippen LogP contribution in [0, 0.1) is 10.1 Å². The molecule has 1 aliphatic carbocycles. The van der Waals surface area contributed by atoms with E-state index in [0.717, 1.165) is 17.6 Å². The van der Waals surface area contributed by atoms with Gasteiger partial charge in [0.25, 0.3) is 11.6 Å². The number of para-hydroxylation sites is 1. The summed E-state index contributed by atoms with van der Waals surface area (Å²) in [7, 11) is 0. The molecule has 10 heteroatoms. The number of non-ortho nitro benzene ring substituents is 1. The number of ether oxygens (including phenoxy) is 1. The number of fused-ring (bicyclic) bond motifs is 2. The molecule has 0 saturated heterocycles. The number of nitro benzene ring substituents is 1. The Balaban J connectivity index is 1.49. The van der Waals surface area contributed by atoms with E-state index in [2.05, 4.69) is 10.3 Å². The van der Waals surface area contributed by atoms with Gasteiger partial charge in [0.1, 0.15) is 5.82 Å². The average molecular weight is 543 g/mol. The lowest BCUT2D eigenvalue weighted by molar-refractivity contribution is -0.384. The first kappa shape index (κ1) is 26.0. The lowest BCUT2D eigenvalue weighted by atomic mass is 9.86. The van der Waals surface area contributed by atoms with Crippen LogP contribution in [0.4, 0.5) is 11.5 Å². The SMILES string of the molecule is CC(OC(=O)c1c2c(nc3ccccc13)/C(=C/c1cccc([N+](=O)[O-])c1)CCC2)C(=O)Nc1ccc(Cl)cn1. The molecule has 1 aliphatic rings. The summed E-state index contributed by atoms with van der Waals surface area (Å²) in [6, 6.07) is 16.8. The Morgan fingerprint density at radius 2 is 1.95 bits per heavy atom. The minimum absolute atomic E-state index is 0.00261. The van der Waals surface area contributed by atoms with Gasteiger partial charge in [-0.15, -0.1) is 0 Å². The van der Waals surface area contributed by atoms with Gasteiger partial charge in [-0.1, -0.05) is 41.9 Å². The third kappa shape index (κ3) is 5.63. The summed E-state index contributed by atoms with van der Waals surface area (Å²) in [6.07, 6.45) is 4.23. The molecular formula is C29H23ClN4O5. The van der Waals surface area contributed by atoms with Gasteiger partial charge in [-0.3, -0.25) is 14.9 Å². The second-order valence-electron chi connectivity index (χ2n) is 9.10. The lowest BCUT2D eigenvalue weighted by Crippen LogP contribution is -2.31. The van der Waals surface area contributed by atoms with Crippen molar-refractivity contribution in [1.29, 1.82) is 0 Å². The van der Waals surface area contributed by atoms with Crippen LogP contribution >= 0.6 is 11.6 Å². The van der Waals surface area contributed by atoms with E-state index in [4.69, 9.17) is 21.3 Å². The summed E-state index contributed by atoms with van der Waals surface area (Å²) in [5, 5.41) is 14.9. The predicted octanol–water partition coefficient (Wildman–Crippen LogP) is 6.25. The highest BCUT2D eigenvalue weighted by Crippen LogP contribution is 2.37. The number of nitrogens with zero attached hydrogens (tertiary/aromatic N) is 3. The number of pyridine rings is 2. The van der Waals surface area contributed by atoms with Crippen LogP contribution in [-0.2, 0) is 16.0 Å². The molecule has 0 aliphatic heterocycles. The molecule has 1 unspecified atom stereocenters. The Labute approximate surface area is 228 Å². The molecule has 2 aromatic carbocycles. The largest absolute Gasteiger partial charge is 0.449 e. The van der Waals surface area contributed by atoms with E-state index in [1.807, 2.05) is 24.3 Å². The van der Waals surface area contributed by atoms with Gasteiger partial charge in [-0.05, 0) is 67.2 Å². The van der Waals surface area contributed by atoms with Gasteiger partial charge >= 0.3 is 5.97 Å². The number of hydrogen-bond donors (Lipinski definition) is 1. The molecule has 1 N–H and O–H groups in total. The van der Waals surface area contributed by atoms with Crippen molar-refractivity contribution in [3.63, 3.8) is 0 Å². The monoisotopic (exact) mass is 542 g/mol. The smallest absolute Gasteiger partial charge is 0.339 e. The summed E-state index contributed by atoms with van der Waals surface area (Å²) in [4.78, 5) is 46.0. The van der Waals surface area contributed by atoms with Crippen LogP contribution in [-0.4, -0.2) is 32.9 Å². The Morgan fingerprint density at radius 3 is 2.72 bits per heavy atom. The minimum atomic E-state index is -1.10. The zero-order valence-corrected chi connectivity index (χ0v) is 21.6. The summed E-state index contributed by atoms with van der Waals surface area (Å²) in [6.45, 7) is 1.49. The van der Waals surface area contributed by atoms with Crippen molar-refractivity contribution in [2.75, 3.05) is 5.32 Å². The molecule has 4 aromatic rings. The average Bonchev–Trinajstić information content (AvgIpc) is 2.93. The number of aromatic nitrogens is 2. The van der Waals surface area contributed by atoms with E-state index < -0.39 is 22.9 Å². The molecule has 0 bridgehead atoms. The van der Waals surface area contributed by atoms with Crippen molar-refractivity contribution in [2.45, 2.75) is 32.3 Å². The van der Waals surface area contributed by atoms with Gasteiger partial charge in [-0.25, -0.2) is 14.8 Å². The second-order valence-corrected chi connectivity index (χ2v) is 9.54. The van der Waals surface area contributed by atoms with Crippen molar-refractivity contribution in [2.24, 2.45) is 0 Å². The third-order valence-corrected chi connectivity index (χ3v) is 6.65. The standard InChI is InChI=1S/C29H23ClN4O5/c1-17(28(35)33-25-13-12-20(30)16-31-25)39-29(36)26-22-9-2-3-11-24(22)32-27-19(7-5-10-23(26)27)14-18-6-4-8-21(15-18)34(37)38/h2-4,6,8-9,11-17H,5,7,10H2,1H3,(H,31,33,35)/b19-14+. The topological polar surface area (TPSA) is 124 Å². The van der Waals surface area contributed by atoms with E-state index in [-0.39, 0.29) is 11.5 Å². The molecule has 0 radical (unpaired) electrons. The van der Waals surface area contributed by atoms with Crippen LogP contribution in [0.1, 0.15) is 46.9 Å². The lowest BCUT2D eigenvalue weighted by Gasteiger charge is -2.23. The fourth-order valence-electron chi connectivity index (χ4n) is 4.59. The highest BCUT2D eigenvalue weighted by atomic mass is 35.5. The van der Waals surface area contributed by atoms with Crippen molar-refractivity contribution in [3.8, 4) is 0 Å². The van der Waals surface area contributed by atoms with Crippen molar-refractivity contribution in [1.82, 2.24) is 9.97 Å². The Kier molecular flexibility index (Phi) is 7.33. The van der Waals surface area contributed by atoms with Crippen LogP contribution < -0.4 is 5.32 Å². The highest BCUT2D eigenvalue weighted by molar-refractivity contribution is 6.30. The number of amides is 1. The van der Waals surface area contributed by atoms with E-state index in [1.165, 1.54) is 25.3 Å². The number of hydrogen-bond acceptors (Lipinski definition) is 7. The third-order valence-electron chi connectivity index (χ3n) is 6.43. The number of nitro groups is 1. The quantitative estimate of drug-likeness (QED) is 0.173. The Hall–Kier alpha value is -4.63. The predicted molar refractivity (Wildman–Crippen MR) is 148 cm³/mol. The number of carbonyl (C=O) groups excluding carboxylic acids is 2.